The molecule has 1 fully saturated rings. The Morgan fingerprint density at radius 2 is 1.65 bits per heavy atom. The minimum Gasteiger partial charge on any atom is -0.457 e. The number of para-hydroxylation sites is 2. The number of fused-ring (bicyclic) bond motifs is 2. The first-order valence-corrected chi connectivity index (χ1v) is 8.43. The van der Waals surface area contributed by atoms with E-state index < -0.39 is 5.60 Å². The molecule has 0 aromatic heterocycles. The molecule has 1 N–H and O–H groups in total. The molecule has 1 atom stereocenters. The molecule has 4 rings (SSSR count). The number of hydrogen-bond donors (Lipinski definition) is 1. The van der Waals surface area contributed by atoms with Gasteiger partial charge in [-0.25, -0.2) is 0 Å². The Hall–Kier alpha value is -1.84. The number of ether oxygens (including phenoxy) is 1. The largest absolute Gasteiger partial charge is 0.457 e. The smallest absolute Gasteiger partial charge is 0.133 e. The molecule has 2 aliphatic heterocycles. The maximum atomic E-state index is 11.8. The molecule has 1 saturated heterocycles. The van der Waals surface area contributed by atoms with Gasteiger partial charge in [0.1, 0.15) is 17.1 Å². The number of rotatable bonds is 1. The lowest BCUT2D eigenvalue weighted by Gasteiger charge is -2.40. The molecular formula is C20H23NO2. The molecule has 0 aliphatic carbocycles. The fraction of sp³-hybridized carbons (Fsp3) is 0.400. The van der Waals surface area contributed by atoms with Crippen molar-refractivity contribution in [3.63, 3.8) is 0 Å². The van der Waals surface area contributed by atoms with Gasteiger partial charge in [-0.15, -0.1) is 0 Å². The van der Waals surface area contributed by atoms with Crippen molar-refractivity contribution < 1.29 is 9.84 Å². The van der Waals surface area contributed by atoms with Gasteiger partial charge >= 0.3 is 0 Å². The molecule has 2 heterocycles. The van der Waals surface area contributed by atoms with Crippen molar-refractivity contribution >= 4 is 0 Å². The van der Waals surface area contributed by atoms with E-state index in [2.05, 4.69) is 18.0 Å². The Kier molecular flexibility index (Phi) is 3.63. The standard InChI is InChI=1S/C20H23NO2/c1-21-12-10-16(11-13-21)20(22)14-15-6-2-4-8-18(15)23-19-9-5-3-7-17(19)20/h2-9,16,22H,10-14H2,1H3. The molecule has 2 aromatic carbocycles. The number of piperidine rings is 1. The predicted octanol–water partition coefficient (Wildman–Crippen LogP) is 3.56. The summed E-state index contributed by atoms with van der Waals surface area (Å²) in [5, 5.41) is 11.8. The Bertz CT molecular complexity index is 706. The lowest BCUT2D eigenvalue weighted by molar-refractivity contribution is -0.0459. The molecule has 0 spiro atoms. The third kappa shape index (κ3) is 2.54. The van der Waals surface area contributed by atoms with Crippen molar-refractivity contribution in [3.8, 4) is 11.5 Å². The van der Waals surface area contributed by atoms with E-state index in [9.17, 15) is 5.11 Å². The van der Waals surface area contributed by atoms with E-state index >= 15 is 0 Å². The van der Waals surface area contributed by atoms with E-state index in [1.54, 1.807) is 0 Å². The van der Waals surface area contributed by atoms with Gasteiger partial charge in [-0.2, -0.15) is 0 Å². The van der Waals surface area contributed by atoms with Gasteiger partial charge in [0.2, 0.25) is 0 Å². The van der Waals surface area contributed by atoms with Crippen LogP contribution in [0.5, 0.6) is 11.5 Å². The van der Waals surface area contributed by atoms with E-state index in [-0.39, 0.29) is 5.92 Å². The van der Waals surface area contributed by atoms with Crippen molar-refractivity contribution in [3.05, 3.63) is 59.7 Å². The Morgan fingerprint density at radius 1 is 1.00 bits per heavy atom. The summed E-state index contributed by atoms with van der Waals surface area (Å²) < 4.78 is 6.14. The normalized spacial score (nSPS) is 25.1. The molecule has 0 amide bonds. The second-order valence-electron chi connectivity index (χ2n) is 6.88. The van der Waals surface area contributed by atoms with Crippen LogP contribution in [0, 0.1) is 5.92 Å². The summed E-state index contributed by atoms with van der Waals surface area (Å²) in [6.07, 6.45) is 2.65. The van der Waals surface area contributed by atoms with E-state index in [4.69, 9.17) is 4.74 Å². The second kappa shape index (κ2) is 5.66. The molecule has 0 bridgehead atoms. The van der Waals surface area contributed by atoms with Crippen LogP contribution in [0.25, 0.3) is 0 Å². The SMILES string of the molecule is CN1CCC(C2(O)Cc3ccccc3Oc3ccccc32)CC1. The van der Waals surface area contributed by atoms with Crippen molar-refractivity contribution in [1.82, 2.24) is 4.90 Å². The van der Waals surface area contributed by atoms with Gasteiger partial charge in [0.05, 0.1) is 0 Å². The monoisotopic (exact) mass is 309 g/mol. The summed E-state index contributed by atoms with van der Waals surface area (Å²) in [6, 6.07) is 16.0. The number of likely N-dealkylation sites (tertiary alicyclic amines) is 1. The zero-order valence-corrected chi connectivity index (χ0v) is 13.5. The molecular weight excluding hydrogens is 286 g/mol. The van der Waals surface area contributed by atoms with Crippen molar-refractivity contribution in [2.24, 2.45) is 5.92 Å². The van der Waals surface area contributed by atoms with E-state index in [1.807, 2.05) is 42.5 Å². The Morgan fingerprint density at radius 3 is 2.43 bits per heavy atom. The molecule has 0 saturated carbocycles. The van der Waals surface area contributed by atoms with Crippen LogP contribution in [0.15, 0.2) is 48.5 Å². The highest BCUT2D eigenvalue weighted by Gasteiger charge is 2.43. The van der Waals surface area contributed by atoms with Gasteiger partial charge in [0.15, 0.2) is 0 Å². The summed E-state index contributed by atoms with van der Waals surface area (Å²) in [5.74, 6) is 1.91. The summed E-state index contributed by atoms with van der Waals surface area (Å²) in [6.45, 7) is 2.08. The molecule has 2 aliphatic rings. The van der Waals surface area contributed by atoms with Crippen LogP contribution in [-0.2, 0) is 12.0 Å². The summed E-state index contributed by atoms with van der Waals surface area (Å²) in [5.41, 5.74) is 1.17. The molecule has 120 valence electrons. The molecule has 1 unspecified atom stereocenters. The Balaban J connectivity index is 1.81. The summed E-state index contributed by atoms with van der Waals surface area (Å²) >= 11 is 0. The highest BCUT2D eigenvalue weighted by molar-refractivity contribution is 5.48. The lowest BCUT2D eigenvalue weighted by atomic mass is 9.73. The number of aliphatic hydroxyl groups is 1. The molecule has 0 radical (unpaired) electrons. The van der Waals surface area contributed by atoms with E-state index in [1.165, 1.54) is 0 Å². The first-order chi connectivity index (χ1) is 11.2. The highest BCUT2D eigenvalue weighted by atomic mass is 16.5. The van der Waals surface area contributed by atoms with Gasteiger partial charge in [0, 0.05) is 12.0 Å². The lowest BCUT2D eigenvalue weighted by Crippen LogP contribution is -2.43. The van der Waals surface area contributed by atoms with Crippen LogP contribution in [-0.4, -0.2) is 30.1 Å². The number of hydrogen-bond acceptors (Lipinski definition) is 3. The topological polar surface area (TPSA) is 32.7 Å². The van der Waals surface area contributed by atoms with Crippen molar-refractivity contribution in [1.29, 1.82) is 0 Å². The van der Waals surface area contributed by atoms with Crippen LogP contribution in [0.2, 0.25) is 0 Å². The first kappa shape index (κ1) is 14.7. The maximum Gasteiger partial charge on any atom is 0.133 e. The quantitative estimate of drug-likeness (QED) is 0.874. The zero-order valence-electron chi connectivity index (χ0n) is 13.5. The number of nitrogens with zero attached hydrogens (tertiary/aromatic N) is 1. The molecule has 23 heavy (non-hydrogen) atoms. The van der Waals surface area contributed by atoms with E-state index in [0.717, 1.165) is 48.6 Å². The minimum absolute atomic E-state index is 0.259. The second-order valence-corrected chi connectivity index (χ2v) is 6.88. The minimum atomic E-state index is -0.857. The van der Waals surface area contributed by atoms with Crippen LogP contribution in [0.1, 0.15) is 24.0 Å². The average molecular weight is 309 g/mol. The third-order valence-corrected chi connectivity index (χ3v) is 5.40. The predicted molar refractivity (Wildman–Crippen MR) is 90.8 cm³/mol. The summed E-state index contributed by atoms with van der Waals surface area (Å²) in [7, 11) is 2.15. The molecule has 3 heteroatoms. The Labute approximate surface area is 137 Å². The van der Waals surface area contributed by atoms with Crippen molar-refractivity contribution in [2.45, 2.75) is 24.9 Å². The fourth-order valence-electron chi connectivity index (χ4n) is 4.02. The average Bonchev–Trinajstić information content (AvgIpc) is 2.70. The van der Waals surface area contributed by atoms with Crippen LogP contribution in [0.3, 0.4) is 0 Å². The van der Waals surface area contributed by atoms with Crippen LogP contribution < -0.4 is 4.74 Å². The van der Waals surface area contributed by atoms with Gasteiger partial charge < -0.3 is 14.7 Å². The zero-order chi connectivity index (χ0) is 15.9. The molecule has 3 nitrogen and oxygen atoms in total. The first-order valence-electron chi connectivity index (χ1n) is 8.43. The fourth-order valence-corrected chi connectivity index (χ4v) is 4.02. The van der Waals surface area contributed by atoms with Gasteiger partial charge in [-0.05, 0) is 56.6 Å². The van der Waals surface area contributed by atoms with Crippen LogP contribution in [0.4, 0.5) is 0 Å². The van der Waals surface area contributed by atoms with Gasteiger partial charge in [-0.1, -0.05) is 36.4 Å². The third-order valence-electron chi connectivity index (χ3n) is 5.40. The summed E-state index contributed by atoms with van der Waals surface area (Å²) in [4.78, 5) is 2.34. The van der Waals surface area contributed by atoms with Gasteiger partial charge in [-0.3, -0.25) is 0 Å². The number of benzene rings is 2. The highest BCUT2D eigenvalue weighted by Crippen LogP contribution is 2.47. The van der Waals surface area contributed by atoms with Gasteiger partial charge in [0.25, 0.3) is 0 Å². The van der Waals surface area contributed by atoms with Crippen molar-refractivity contribution in [2.75, 3.05) is 20.1 Å². The molecule has 2 aromatic rings. The van der Waals surface area contributed by atoms with E-state index in [0.29, 0.717) is 6.42 Å². The van der Waals surface area contributed by atoms with Crippen LogP contribution >= 0.6 is 0 Å². The maximum absolute atomic E-state index is 11.8.